The Morgan fingerprint density at radius 3 is 2.58 bits per heavy atom. The highest BCUT2D eigenvalue weighted by molar-refractivity contribution is 5.99. The first-order chi connectivity index (χ1) is 11.6. The summed E-state index contributed by atoms with van der Waals surface area (Å²) >= 11 is 0. The van der Waals surface area contributed by atoms with Gasteiger partial charge in [-0.25, -0.2) is 0 Å². The summed E-state index contributed by atoms with van der Waals surface area (Å²) in [6.45, 7) is 5.91. The molecule has 0 N–H and O–H groups in total. The lowest BCUT2D eigenvalue weighted by Gasteiger charge is -2.35. The van der Waals surface area contributed by atoms with Crippen molar-refractivity contribution in [3.8, 4) is 0 Å². The van der Waals surface area contributed by atoms with E-state index in [9.17, 15) is 9.59 Å². The molecule has 2 aliphatic rings. The van der Waals surface area contributed by atoms with Gasteiger partial charge >= 0.3 is 5.97 Å². The van der Waals surface area contributed by atoms with Crippen LogP contribution < -0.4 is 9.80 Å². The van der Waals surface area contributed by atoms with Gasteiger partial charge in [0.05, 0.1) is 12.5 Å². The van der Waals surface area contributed by atoms with Crippen LogP contribution in [0.4, 0.5) is 11.4 Å². The molecular formula is C19H26N2O3. The van der Waals surface area contributed by atoms with Gasteiger partial charge in [-0.3, -0.25) is 9.59 Å². The van der Waals surface area contributed by atoms with Crippen LogP contribution in [-0.4, -0.2) is 37.6 Å². The molecule has 0 radical (unpaired) electrons. The van der Waals surface area contributed by atoms with Crippen molar-refractivity contribution >= 4 is 23.3 Å². The summed E-state index contributed by atoms with van der Waals surface area (Å²) in [5.41, 5.74) is 2.07. The lowest BCUT2D eigenvalue weighted by molar-refractivity contribution is -0.147. The number of piperidine rings is 1. The number of carbonyl (C=O) groups excluding carboxylic acids is 2. The fraction of sp³-hybridized carbons (Fsp3) is 0.579. The number of nitrogens with zero attached hydrogens (tertiary/aromatic N) is 2. The lowest BCUT2D eigenvalue weighted by atomic mass is 10.0. The highest BCUT2D eigenvalue weighted by Gasteiger charge is 2.36. The van der Waals surface area contributed by atoms with Crippen molar-refractivity contribution in [3.05, 3.63) is 24.3 Å². The second kappa shape index (κ2) is 7.24. The van der Waals surface area contributed by atoms with E-state index < -0.39 is 0 Å². The first kappa shape index (κ1) is 16.8. The number of anilines is 2. The van der Waals surface area contributed by atoms with Crippen molar-refractivity contribution in [2.24, 2.45) is 5.92 Å². The van der Waals surface area contributed by atoms with E-state index in [-0.39, 0.29) is 24.2 Å². The molecule has 0 saturated carbocycles. The third-order valence-corrected chi connectivity index (χ3v) is 5.04. The molecule has 1 aromatic rings. The molecule has 2 fully saturated rings. The van der Waals surface area contributed by atoms with Crippen molar-refractivity contribution < 1.29 is 14.3 Å². The Hall–Kier alpha value is -2.04. The van der Waals surface area contributed by atoms with Crippen LogP contribution in [0.3, 0.4) is 0 Å². The van der Waals surface area contributed by atoms with Gasteiger partial charge in [0.25, 0.3) is 0 Å². The monoisotopic (exact) mass is 330 g/mol. The second-order valence-electron chi connectivity index (χ2n) is 6.71. The molecule has 0 spiro atoms. The van der Waals surface area contributed by atoms with Gasteiger partial charge in [-0.2, -0.15) is 0 Å². The van der Waals surface area contributed by atoms with Crippen LogP contribution in [0, 0.1) is 5.92 Å². The topological polar surface area (TPSA) is 49.9 Å². The molecule has 3 rings (SSSR count). The molecule has 2 atom stereocenters. The predicted octanol–water partition coefficient (Wildman–Crippen LogP) is 2.98. The Morgan fingerprint density at radius 2 is 1.92 bits per heavy atom. The van der Waals surface area contributed by atoms with Gasteiger partial charge in [-0.15, -0.1) is 0 Å². The van der Waals surface area contributed by atoms with Gasteiger partial charge in [-0.05, 0) is 57.4 Å². The molecule has 2 aliphatic heterocycles. The molecule has 0 aromatic heterocycles. The van der Waals surface area contributed by atoms with Crippen LogP contribution in [0.2, 0.25) is 0 Å². The van der Waals surface area contributed by atoms with Crippen molar-refractivity contribution in [1.82, 2.24) is 0 Å². The van der Waals surface area contributed by atoms with Crippen molar-refractivity contribution in [1.29, 1.82) is 0 Å². The average Bonchev–Trinajstić information content (AvgIpc) is 2.98. The number of carbonyl (C=O) groups is 2. The zero-order chi connectivity index (χ0) is 17.1. The number of esters is 1. The minimum absolute atomic E-state index is 0.00727. The van der Waals surface area contributed by atoms with E-state index in [2.05, 4.69) is 24.0 Å². The van der Waals surface area contributed by atoms with Crippen LogP contribution >= 0.6 is 0 Å². The van der Waals surface area contributed by atoms with Gasteiger partial charge in [0.2, 0.25) is 5.91 Å². The van der Waals surface area contributed by atoms with Crippen molar-refractivity contribution in [2.75, 3.05) is 29.5 Å². The van der Waals surface area contributed by atoms with E-state index >= 15 is 0 Å². The van der Waals surface area contributed by atoms with E-state index in [4.69, 9.17) is 4.74 Å². The Bertz CT molecular complexity index is 599. The van der Waals surface area contributed by atoms with Gasteiger partial charge in [0.15, 0.2) is 0 Å². The SMILES string of the molecule is CCOC(=O)[C@H]1CC(=O)N(c2ccc(N3CCCC[C@@H]3C)cc2)C1. The number of ether oxygens (including phenoxy) is 1. The van der Waals surface area contributed by atoms with Crippen LogP contribution in [0.1, 0.15) is 39.5 Å². The summed E-state index contributed by atoms with van der Waals surface area (Å²) in [4.78, 5) is 28.2. The zero-order valence-corrected chi connectivity index (χ0v) is 14.5. The van der Waals surface area contributed by atoms with Gasteiger partial charge in [0.1, 0.15) is 0 Å². The summed E-state index contributed by atoms with van der Waals surface area (Å²) < 4.78 is 5.04. The standard InChI is InChI=1S/C19H26N2O3/c1-3-24-19(23)15-12-18(22)21(13-15)17-9-7-16(8-10-17)20-11-5-4-6-14(20)2/h7-10,14-15H,3-6,11-13H2,1-2H3/t14-,15-/m0/s1. The van der Waals surface area contributed by atoms with Crippen molar-refractivity contribution in [2.45, 2.75) is 45.6 Å². The summed E-state index contributed by atoms with van der Waals surface area (Å²) in [7, 11) is 0. The quantitative estimate of drug-likeness (QED) is 0.797. The molecule has 5 heteroatoms. The highest BCUT2D eigenvalue weighted by atomic mass is 16.5. The molecule has 5 nitrogen and oxygen atoms in total. The number of benzene rings is 1. The maximum Gasteiger partial charge on any atom is 0.311 e. The molecule has 130 valence electrons. The van der Waals surface area contributed by atoms with Gasteiger partial charge in [0, 0.05) is 36.9 Å². The van der Waals surface area contributed by atoms with Gasteiger partial charge < -0.3 is 14.5 Å². The molecular weight excluding hydrogens is 304 g/mol. The third kappa shape index (κ3) is 3.40. The molecule has 0 bridgehead atoms. The minimum Gasteiger partial charge on any atom is -0.466 e. The largest absolute Gasteiger partial charge is 0.466 e. The van der Waals surface area contributed by atoms with Crippen LogP contribution in [0.25, 0.3) is 0 Å². The summed E-state index contributed by atoms with van der Waals surface area (Å²) in [5.74, 6) is -0.626. The van der Waals surface area contributed by atoms with E-state index in [0.29, 0.717) is 19.2 Å². The fourth-order valence-electron chi connectivity index (χ4n) is 3.68. The molecule has 2 heterocycles. The summed E-state index contributed by atoms with van der Waals surface area (Å²) in [5, 5.41) is 0. The molecule has 0 unspecified atom stereocenters. The first-order valence-electron chi connectivity index (χ1n) is 8.94. The zero-order valence-electron chi connectivity index (χ0n) is 14.5. The van der Waals surface area contributed by atoms with Gasteiger partial charge in [-0.1, -0.05) is 0 Å². The smallest absolute Gasteiger partial charge is 0.311 e. The number of hydrogen-bond donors (Lipinski definition) is 0. The van der Waals surface area contributed by atoms with Crippen LogP contribution in [0.15, 0.2) is 24.3 Å². The Balaban J connectivity index is 1.69. The molecule has 24 heavy (non-hydrogen) atoms. The van der Waals surface area contributed by atoms with Crippen LogP contribution in [0.5, 0.6) is 0 Å². The van der Waals surface area contributed by atoms with E-state index in [1.807, 2.05) is 12.1 Å². The molecule has 0 aliphatic carbocycles. The Morgan fingerprint density at radius 1 is 1.21 bits per heavy atom. The predicted molar refractivity (Wildman–Crippen MR) is 94.2 cm³/mol. The number of hydrogen-bond acceptors (Lipinski definition) is 4. The minimum atomic E-state index is -0.348. The van der Waals surface area contributed by atoms with E-state index in [1.165, 1.54) is 24.9 Å². The van der Waals surface area contributed by atoms with Crippen LogP contribution in [-0.2, 0) is 14.3 Å². The summed E-state index contributed by atoms with van der Waals surface area (Å²) in [6.07, 6.45) is 4.00. The van der Waals surface area contributed by atoms with E-state index in [0.717, 1.165) is 12.2 Å². The molecule has 2 saturated heterocycles. The maximum absolute atomic E-state index is 12.2. The summed E-state index contributed by atoms with van der Waals surface area (Å²) in [6, 6.07) is 8.71. The number of amides is 1. The van der Waals surface area contributed by atoms with E-state index in [1.54, 1.807) is 11.8 Å². The van der Waals surface area contributed by atoms with Crippen molar-refractivity contribution in [3.63, 3.8) is 0 Å². The average molecular weight is 330 g/mol. The second-order valence-corrected chi connectivity index (χ2v) is 6.71. The normalized spacial score (nSPS) is 24.3. The molecule has 1 amide bonds. The molecule has 1 aromatic carbocycles. The fourth-order valence-corrected chi connectivity index (χ4v) is 3.68. The lowest BCUT2D eigenvalue weighted by Crippen LogP contribution is -2.37. The third-order valence-electron chi connectivity index (χ3n) is 5.04. The first-order valence-corrected chi connectivity index (χ1v) is 8.94. The highest BCUT2D eigenvalue weighted by Crippen LogP contribution is 2.30. The number of rotatable bonds is 4. The Labute approximate surface area is 143 Å². The maximum atomic E-state index is 12.2. The Kier molecular flexibility index (Phi) is 5.07.